The van der Waals surface area contributed by atoms with Crippen LogP contribution in [-0.2, 0) is 102 Å². The summed E-state index contributed by atoms with van der Waals surface area (Å²) in [5, 5.41) is 78.9. The second kappa shape index (κ2) is 47.7. The molecule has 14 unspecified atom stereocenters. The number of para-hydroxylation sites is 2. The summed E-state index contributed by atoms with van der Waals surface area (Å²) in [5.74, 6) is -31.5. The van der Waals surface area contributed by atoms with E-state index in [9.17, 15) is 121 Å². The van der Waals surface area contributed by atoms with Crippen LogP contribution < -0.4 is 86.3 Å². The molecule has 1 aliphatic rings. The van der Waals surface area contributed by atoms with Crippen LogP contribution in [0.1, 0.15) is 147 Å². The monoisotopic (exact) mass is 1630 g/mol. The number of primary amides is 1. The van der Waals surface area contributed by atoms with Gasteiger partial charge < -0.3 is 122 Å². The average Bonchev–Trinajstić information content (AvgIpc) is 1.68. The number of cyclic esters (lactones) is 1. The minimum Gasteiger partial charge on any atom is -0.481 e. The van der Waals surface area contributed by atoms with Gasteiger partial charge in [-0.15, -0.1) is 0 Å². The highest BCUT2D eigenvalue weighted by Gasteiger charge is 2.42. The first-order chi connectivity index (χ1) is 54.8. The number of nitrogens with one attached hydrogen (secondary N) is 14. The Bertz CT molecular complexity index is 4080. The molecule has 2 heterocycles. The maximum absolute atomic E-state index is 14.9. The third-order valence-electron chi connectivity index (χ3n) is 18.4. The normalized spacial score (nSPS) is 21.4. The number of carbonyl (C=O) groups is 20. The van der Waals surface area contributed by atoms with E-state index >= 15 is 0 Å². The molecule has 0 aliphatic carbocycles. The number of fused-ring (bicyclic) bond motifs is 1. The number of amides is 14. The number of Topliss-reactive ketones (excluding diaryl/α,β-unsaturated/α-hetero) is 1. The van der Waals surface area contributed by atoms with Crippen LogP contribution >= 0.6 is 0 Å². The minimum absolute atomic E-state index is 0.0222. The van der Waals surface area contributed by atoms with E-state index in [-0.39, 0.29) is 37.1 Å². The molecule has 1 fully saturated rings. The van der Waals surface area contributed by atoms with Crippen LogP contribution in [0.4, 0.5) is 5.69 Å². The number of H-pyrrole nitrogens is 1. The summed E-state index contributed by atoms with van der Waals surface area (Å²) in [5.41, 5.74) is 18.2. The number of carboxylic acids is 4. The Morgan fingerprint density at radius 3 is 1.72 bits per heavy atom. The summed E-state index contributed by atoms with van der Waals surface area (Å²) in [4.78, 5) is 277. The van der Waals surface area contributed by atoms with Crippen molar-refractivity contribution >= 4 is 135 Å². The van der Waals surface area contributed by atoms with Crippen LogP contribution in [0.2, 0.25) is 0 Å². The van der Waals surface area contributed by atoms with E-state index in [1.165, 1.54) is 24.3 Å². The average molecular weight is 1630 g/mol. The van der Waals surface area contributed by atoms with E-state index in [0.29, 0.717) is 29.3 Å². The summed E-state index contributed by atoms with van der Waals surface area (Å²) in [6, 6.07) is -10.6. The zero-order valence-electron chi connectivity index (χ0n) is 64.5. The van der Waals surface area contributed by atoms with Crippen molar-refractivity contribution in [1.29, 1.82) is 0 Å². The Kier molecular flexibility index (Phi) is 39.4. The zero-order valence-corrected chi connectivity index (χ0v) is 64.5. The number of anilines is 1. The lowest BCUT2D eigenvalue weighted by Crippen LogP contribution is -2.62. The van der Waals surface area contributed by atoms with Gasteiger partial charge >= 0.3 is 29.8 Å². The number of benzene rings is 2. The lowest BCUT2D eigenvalue weighted by Gasteiger charge is -2.30. The zero-order chi connectivity index (χ0) is 86.6. The van der Waals surface area contributed by atoms with E-state index in [1.807, 2.05) is 16.0 Å². The summed E-state index contributed by atoms with van der Waals surface area (Å²) < 4.78 is 5.69. The van der Waals surface area contributed by atoms with Crippen LogP contribution in [0.5, 0.6) is 0 Å². The fraction of sp³-hybridized carbons (Fsp3) is 0.534. The molecule has 0 spiro atoms. The predicted octanol–water partition coefficient (Wildman–Crippen LogP) is -5.38. The maximum Gasteiger partial charge on any atom is 0.329 e. The molecule has 14 amide bonds. The van der Waals surface area contributed by atoms with Crippen molar-refractivity contribution < 1.29 is 126 Å². The summed E-state index contributed by atoms with van der Waals surface area (Å²) >= 11 is 0. The van der Waals surface area contributed by atoms with Gasteiger partial charge in [-0.2, -0.15) is 0 Å². The molecule has 0 saturated carbocycles. The van der Waals surface area contributed by atoms with Crippen LogP contribution in [0.3, 0.4) is 0 Å². The summed E-state index contributed by atoms with van der Waals surface area (Å²) in [7, 11) is 0. The van der Waals surface area contributed by atoms with E-state index < -0.39 is 261 Å². The summed E-state index contributed by atoms with van der Waals surface area (Å²) in [6.45, 7) is 2.20. The second-order valence-corrected chi connectivity index (χ2v) is 27.7. The number of carbonyl (C=O) groups excluding carboxylic acids is 16. The topological polar surface area (TPSA) is 702 Å². The van der Waals surface area contributed by atoms with Gasteiger partial charge in [0.05, 0.1) is 51.3 Å². The second-order valence-electron chi connectivity index (χ2n) is 27.7. The summed E-state index contributed by atoms with van der Waals surface area (Å²) in [6.07, 6.45) is -1.33. The first kappa shape index (κ1) is 95.7. The fourth-order valence-corrected chi connectivity index (χ4v) is 11.9. The number of carboxylic acid groups (broad SMARTS) is 4. The van der Waals surface area contributed by atoms with Gasteiger partial charge in [-0.1, -0.05) is 89.6 Å². The molecular formula is C73H103N17O26. The molecule has 116 heavy (non-hydrogen) atoms. The Hall–Kier alpha value is -12.7. The number of ether oxygens (including phenoxy) is 1. The number of aromatic nitrogens is 1. The van der Waals surface area contributed by atoms with Crippen molar-refractivity contribution in [3.8, 4) is 0 Å². The van der Waals surface area contributed by atoms with Crippen molar-refractivity contribution in [3.05, 3.63) is 65.9 Å². The van der Waals surface area contributed by atoms with Gasteiger partial charge in [0.1, 0.15) is 72.6 Å². The van der Waals surface area contributed by atoms with Gasteiger partial charge in [-0.3, -0.25) is 91.1 Å². The fourth-order valence-electron chi connectivity index (χ4n) is 11.9. The van der Waals surface area contributed by atoms with Gasteiger partial charge in [0, 0.05) is 47.6 Å². The number of aromatic amines is 1. The molecule has 3 aromatic rings. The Labute approximate surface area is 663 Å². The third kappa shape index (κ3) is 31.7. The van der Waals surface area contributed by atoms with Gasteiger partial charge in [0.25, 0.3) is 0 Å². The van der Waals surface area contributed by atoms with E-state index in [0.717, 1.165) is 59.8 Å². The standard InChI is InChI=1S/C73H103N17O26/c1-6-7-8-9-10-11-12-23-52(93)82-45(26-39-31-77-43-21-16-14-18-40(39)43)67(109)89-60(36(3)62(76)104)72(114)86-48(30-58(102)103)68(110)90-61-38(5)116-73(115)49(27-51(92)41-19-13-15-20-42(41)75)87-71(113)59(35(2)25-55(96)97)88-69(111)50(34-91)83-54(95)32-78-64(106)46(28-56(98)99)84-63(105)37(4)80-66(108)47(29-57(100)101)85-65(107)44(22-17-24-74)81-53(94)33-79-70(61)112/h13-16,18-21,31,35-38,44-50,59-61,77,91H,6-12,17,22-30,32-34,74-75H2,1-5H3,(H2,76,104)(H,78,106)(H,79,112)(H,80,108)(H,81,94)(H,82,93)(H,83,95)(H,84,105)(H,85,107)(H,86,114)(H,87,113)(H,88,111)(H,89,109)(H,90,110)(H,96,97)(H,98,99)(H,100,101)(H,102,103). The lowest BCUT2D eigenvalue weighted by atomic mass is 9.96. The number of esters is 1. The number of aliphatic hydroxyl groups is 1. The van der Waals surface area contributed by atoms with Gasteiger partial charge in [0.2, 0.25) is 82.7 Å². The minimum atomic E-state index is -2.45. The number of rotatable bonds is 35. The van der Waals surface area contributed by atoms with Gasteiger partial charge in [0.15, 0.2) is 5.78 Å². The number of ketones is 1. The largest absolute Gasteiger partial charge is 0.481 e. The predicted molar refractivity (Wildman–Crippen MR) is 405 cm³/mol. The van der Waals surface area contributed by atoms with Crippen molar-refractivity contribution in [2.24, 2.45) is 23.3 Å². The number of aliphatic hydroxyl groups excluding tert-OH is 1. The molecule has 1 aliphatic heterocycles. The van der Waals surface area contributed by atoms with Crippen LogP contribution in [0, 0.1) is 11.8 Å². The Morgan fingerprint density at radius 1 is 0.560 bits per heavy atom. The number of nitrogen functional groups attached to an aromatic ring is 1. The molecule has 0 bridgehead atoms. The molecule has 636 valence electrons. The highest BCUT2D eigenvalue weighted by molar-refractivity contribution is 6.05. The maximum atomic E-state index is 14.9. The number of hydrogen-bond donors (Lipinski definition) is 22. The number of hydrogen-bond acceptors (Lipinski definition) is 24. The molecule has 43 nitrogen and oxygen atoms in total. The third-order valence-corrected chi connectivity index (χ3v) is 18.4. The van der Waals surface area contributed by atoms with Crippen molar-refractivity contribution in [2.75, 3.05) is 32.0 Å². The smallest absolute Gasteiger partial charge is 0.329 e. The van der Waals surface area contributed by atoms with E-state index in [1.54, 1.807) is 30.5 Å². The highest BCUT2D eigenvalue weighted by Crippen LogP contribution is 2.22. The molecule has 43 heteroatoms. The SMILES string of the molecule is CCCCCCCCCC(=O)NC(Cc1c[nH]c2ccccc12)C(=O)NC(C(=O)NC(CC(=O)O)C(=O)NC1C(=O)NCC(=O)NC(CCCN)C(=O)NC(CC(=O)O)C(=O)NC(C)C(=O)NC(CC(=O)O)C(=O)NCC(=O)NC(CO)C(=O)NC(C(C)CC(=O)O)C(=O)NC(CC(=O)c2ccccc2N)C(=O)OC1C)C(C)C(N)=O. The lowest BCUT2D eigenvalue weighted by molar-refractivity contribution is -0.156. The molecule has 2 aromatic carbocycles. The van der Waals surface area contributed by atoms with E-state index in [4.69, 9.17) is 21.9 Å². The quantitative estimate of drug-likeness (QED) is 0.0113. The molecule has 1 aromatic heterocycles. The molecule has 25 N–H and O–H groups in total. The molecule has 4 rings (SSSR count). The molecule has 14 atom stereocenters. The Morgan fingerprint density at radius 2 is 1.12 bits per heavy atom. The first-order valence-electron chi connectivity index (χ1n) is 37.3. The van der Waals surface area contributed by atoms with Crippen molar-refractivity contribution in [3.63, 3.8) is 0 Å². The van der Waals surface area contributed by atoms with E-state index in [2.05, 4.69) is 65.1 Å². The highest BCUT2D eigenvalue weighted by atomic mass is 16.5. The first-order valence-corrected chi connectivity index (χ1v) is 37.3. The van der Waals surface area contributed by atoms with Gasteiger partial charge in [-0.25, -0.2) is 4.79 Å². The number of aliphatic carboxylic acids is 4. The number of nitrogens with two attached hydrogens (primary N) is 3. The number of unbranched alkanes of at least 4 members (excludes halogenated alkanes) is 6. The van der Waals surface area contributed by atoms with Crippen LogP contribution in [0.25, 0.3) is 10.9 Å². The molecular weight excluding hydrogens is 1530 g/mol. The molecule has 0 radical (unpaired) electrons. The van der Waals surface area contributed by atoms with Crippen LogP contribution in [-0.4, -0.2) is 248 Å². The van der Waals surface area contributed by atoms with Crippen molar-refractivity contribution in [1.82, 2.24) is 74.1 Å². The molecule has 1 saturated heterocycles. The van der Waals surface area contributed by atoms with Gasteiger partial charge in [-0.05, 0) is 69.3 Å². The Balaban J connectivity index is 1.89. The van der Waals surface area contributed by atoms with Crippen molar-refractivity contribution in [2.45, 2.75) is 210 Å². The van der Waals surface area contributed by atoms with Crippen LogP contribution in [0.15, 0.2) is 54.7 Å².